The van der Waals surface area contributed by atoms with Crippen LogP contribution in [0.25, 0.3) is 0 Å². The van der Waals surface area contributed by atoms with Crippen LogP contribution in [-0.2, 0) is 0 Å². The summed E-state index contributed by atoms with van der Waals surface area (Å²) in [6.45, 7) is 4.45. The first-order chi connectivity index (χ1) is 4.74. The maximum absolute atomic E-state index is 3.14. The van der Waals surface area contributed by atoms with E-state index in [0.29, 0.717) is 0 Å². The molecule has 1 aliphatic rings. The second-order valence-corrected chi connectivity index (χ2v) is 2.93. The summed E-state index contributed by atoms with van der Waals surface area (Å²) in [7, 11) is 1.96. The molecule has 1 nitrogen and oxygen atoms in total. The first kappa shape index (κ1) is 7.39. The fourth-order valence-electron chi connectivity index (χ4n) is 1.11. The molecule has 1 atom stereocenters. The molecule has 10 heavy (non-hydrogen) atoms. The molecule has 1 heteroatoms. The maximum Gasteiger partial charge on any atom is 0.0296 e. The lowest BCUT2D eigenvalue weighted by molar-refractivity contribution is 0.674. The largest absolute Gasteiger partial charge is 0.388 e. The van der Waals surface area contributed by atoms with Crippen LogP contribution in [0.4, 0.5) is 0 Å². The average Bonchev–Trinajstić information content (AvgIpc) is 1.95. The SMILES string of the molecule is CNC1=CCC(C)C(C)=C1. The first-order valence-electron chi connectivity index (χ1n) is 3.80. The molecule has 0 saturated heterocycles. The average molecular weight is 137 g/mol. The third-order valence-corrected chi connectivity index (χ3v) is 2.14. The standard InChI is InChI=1S/C9H15N/c1-7-4-5-9(10-3)6-8(7)2/h5-7,10H,4H2,1-3H3. The lowest BCUT2D eigenvalue weighted by Gasteiger charge is -2.16. The molecule has 0 aromatic heterocycles. The van der Waals surface area contributed by atoms with E-state index in [0.717, 1.165) is 5.92 Å². The van der Waals surface area contributed by atoms with Gasteiger partial charge in [-0.15, -0.1) is 0 Å². The van der Waals surface area contributed by atoms with Gasteiger partial charge in [0.15, 0.2) is 0 Å². The van der Waals surface area contributed by atoms with Crippen molar-refractivity contribution in [2.24, 2.45) is 5.92 Å². The van der Waals surface area contributed by atoms with Gasteiger partial charge in [0.25, 0.3) is 0 Å². The van der Waals surface area contributed by atoms with Gasteiger partial charge in [0.05, 0.1) is 0 Å². The van der Waals surface area contributed by atoms with Gasteiger partial charge in [0, 0.05) is 12.7 Å². The Morgan fingerprint density at radius 1 is 1.60 bits per heavy atom. The summed E-state index contributed by atoms with van der Waals surface area (Å²) in [4.78, 5) is 0. The Hall–Kier alpha value is -0.720. The molecule has 0 amide bonds. The monoisotopic (exact) mass is 137 g/mol. The van der Waals surface area contributed by atoms with Crippen LogP contribution in [0.15, 0.2) is 23.4 Å². The second kappa shape index (κ2) is 2.91. The minimum atomic E-state index is 0.733. The molecule has 56 valence electrons. The molecule has 0 fully saturated rings. The summed E-state index contributed by atoms with van der Waals surface area (Å²) >= 11 is 0. The van der Waals surface area contributed by atoms with Crippen molar-refractivity contribution in [1.82, 2.24) is 5.32 Å². The maximum atomic E-state index is 3.14. The van der Waals surface area contributed by atoms with E-state index < -0.39 is 0 Å². The van der Waals surface area contributed by atoms with Crippen molar-refractivity contribution in [3.63, 3.8) is 0 Å². The molecule has 0 bridgehead atoms. The van der Waals surface area contributed by atoms with Gasteiger partial charge in [-0.1, -0.05) is 18.6 Å². The molecule has 0 aromatic carbocycles. The van der Waals surface area contributed by atoms with E-state index in [1.807, 2.05) is 7.05 Å². The molecule has 0 aromatic rings. The second-order valence-electron chi connectivity index (χ2n) is 2.93. The fraction of sp³-hybridized carbons (Fsp3) is 0.556. The van der Waals surface area contributed by atoms with E-state index >= 15 is 0 Å². The minimum Gasteiger partial charge on any atom is -0.388 e. The van der Waals surface area contributed by atoms with E-state index in [2.05, 4.69) is 31.3 Å². The fourth-order valence-corrected chi connectivity index (χ4v) is 1.11. The van der Waals surface area contributed by atoms with Gasteiger partial charge < -0.3 is 5.32 Å². The van der Waals surface area contributed by atoms with E-state index in [4.69, 9.17) is 0 Å². The molecule has 1 aliphatic carbocycles. The van der Waals surface area contributed by atoms with Crippen molar-refractivity contribution >= 4 is 0 Å². The highest BCUT2D eigenvalue weighted by atomic mass is 14.8. The molecule has 0 saturated carbocycles. The topological polar surface area (TPSA) is 12.0 Å². The van der Waals surface area contributed by atoms with E-state index in [9.17, 15) is 0 Å². The zero-order chi connectivity index (χ0) is 7.56. The highest BCUT2D eigenvalue weighted by Crippen LogP contribution is 2.21. The van der Waals surface area contributed by atoms with Crippen molar-refractivity contribution in [2.45, 2.75) is 20.3 Å². The van der Waals surface area contributed by atoms with E-state index in [-0.39, 0.29) is 0 Å². The van der Waals surface area contributed by atoms with Gasteiger partial charge in [-0.3, -0.25) is 0 Å². The summed E-state index contributed by atoms with van der Waals surface area (Å²) in [6, 6.07) is 0. The van der Waals surface area contributed by atoms with Gasteiger partial charge >= 0.3 is 0 Å². The minimum absolute atomic E-state index is 0.733. The Morgan fingerprint density at radius 3 is 2.80 bits per heavy atom. The summed E-state index contributed by atoms with van der Waals surface area (Å²) in [5.74, 6) is 0.733. The normalized spacial score (nSPS) is 25.3. The quantitative estimate of drug-likeness (QED) is 0.583. The van der Waals surface area contributed by atoms with Crippen LogP contribution in [0, 0.1) is 5.92 Å². The Balaban J connectivity index is 2.69. The van der Waals surface area contributed by atoms with Crippen LogP contribution in [-0.4, -0.2) is 7.05 Å². The molecular formula is C9H15N. The van der Waals surface area contributed by atoms with Crippen LogP contribution < -0.4 is 5.32 Å². The lowest BCUT2D eigenvalue weighted by Crippen LogP contribution is -2.09. The molecule has 1 unspecified atom stereocenters. The molecule has 0 heterocycles. The molecule has 1 rings (SSSR count). The number of hydrogen-bond acceptors (Lipinski definition) is 1. The lowest BCUT2D eigenvalue weighted by atomic mass is 9.93. The van der Waals surface area contributed by atoms with Crippen LogP contribution in [0.2, 0.25) is 0 Å². The van der Waals surface area contributed by atoms with Crippen LogP contribution in [0.5, 0.6) is 0 Å². The zero-order valence-electron chi connectivity index (χ0n) is 6.94. The number of nitrogens with one attached hydrogen (secondary N) is 1. The van der Waals surface area contributed by atoms with E-state index in [1.165, 1.54) is 17.7 Å². The van der Waals surface area contributed by atoms with Gasteiger partial charge in [0.1, 0.15) is 0 Å². The molecule has 0 aliphatic heterocycles. The van der Waals surface area contributed by atoms with Gasteiger partial charge in [-0.2, -0.15) is 0 Å². The smallest absolute Gasteiger partial charge is 0.0296 e. The van der Waals surface area contributed by atoms with Crippen LogP contribution >= 0.6 is 0 Å². The summed E-state index contributed by atoms with van der Waals surface area (Å²) in [5.41, 5.74) is 2.74. The number of rotatable bonds is 1. The molecule has 0 spiro atoms. The Morgan fingerprint density at radius 2 is 2.30 bits per heavy atom. The summed E-state index contributed by atoms with van der Waals surface area (Å²) < 4.78 is 0. The summed E-state index contributed by atoms with van der Waals surface area (Å²) in [6.07, 6.45) is 5.64. The predicted octanol–water partition coefficient (Wildman–Crippen LogP) is 2.08. The van der Waals surface area contributed by atoms with Crippen molar-refractivity contribution in [1.29, 1.82) is 0 Å². The predicted molar refractivity (Wildman–Crippen MR) is 44.7 cm³/mol. The number of hydrogen-bond donors (Lipinski definition) is 1. The van der Waals surface area contributed by atoms with Crippen molar-refractivity contribution < 1.29 is 0 Å². The van der Waals surface area contributed by atoms with Crippen LogP contribution in [0.1, 0.15) is 20.3 Å². The van der Waals surface area contributed by atoms with Gasteiger partial charge in [-0.05, 0) is 25.3 Å². The van der Waals surface area contributed by atoms with Crippen molar-refractivity contribution in [2.75, 3.05) is 7.05 Å². The Kier molecular flexibility index (Phi) is 2.15. The summed E-state index contributed by atoms with van der Waals surface area (Å²) in [5, 5.41) is 3.14. The number of allylic oxidation sites excluding steroid dienone is 3. The molecule has 1 N–H and O–H groups in total. The zero-order valence-corrected chi connectivity index (χ0v) is 6.94. The van der Waals surface area contributed by atoms with Crippen LogP contribution in [0.3, 0.4) is 0 Å². The third kappa shape index (κ3) is 1.41. The van der Waals surface area contributed by atoms with Crippen molar-refractivity contribution in [3.8, 4) is 0 Å². The first-order valence-corrected chi connectivity index (χ1v) is 3.80. The molecular weight excluding hydrogens is 122 g/mol. The Bertz CT molecular complexity index is 177. The third-order valence-electron chi connectivity index (χ3n) is 2.14. The van der Waals surface area contributed by atoms with Gasteiger partial charge in [-0.25, -0.2) is 0 Å². The molecule has 0 radical (unpaired) electrons. The number of likely N-dealkylation sites (N-methyl/N-ethyl adjacent to an activating group) is 1. The highest BCUT2D eigenvalue weighted by molar-refractivity contribution is 5.26. The van der Waals surface area contributed by atoms with E-state index in [1.54, 1.807) is 0 Å². The Labute approximate surface area is 62.8 Å². The highest BCUT2D eigenvalue weighted by Gasteiger charge is 2.07. The van der Waals surface area contributed by atoms with Crippen molar-refractivity contribution in [3.05, 3.63) is 23.4 Å². The van der Waals surface area contributed by atoms with Gasteiger partial charge in [0.2, 0.25) is 0 Å².